The number of phenolic OH excluding ortho intramolecular Hbond substituents is 1. The van der Waals surface area contributed by atoms with E-state index in [9.17, 15) is 15.0 Å². The van der Waals surface area contributed by atoms with E-state index in [2.05, 4.69) is 55.4 Å². The zero-order valence-corrected chi connectivity index (χ0v) is 20.8. The molecule has 6 nitrogen and oxygen atoms in total. The third-order valence-electron chi connectivity index (χ3n) is 6.16. The highest BCUT2D eigenvalue weighted by atomic mass is 16.3. The summed E-state index contributed by atoms with van der Waals surface area (Å²) < 4.78 is 0. The van der Waals surface area contributed by atoms with Gasteiger partial charge in [-0.2, -0.15) is 0 Å². The Hall–Kier alpha value is -2.41. The lowest BCUT2D eigenvalue weighted by Crippen LogP contribution is -2.43. The number of hydrogen-bond acceptors (Lipinski definition) is 5. The minimum Gasteiger partial charge on any atom is -0.508 e. The van der Waals surface area contributed by atoms with Gasteiger partial charge in [0.25, 0.3) is 0 Å². The van der Waals surface area contributed by atoms with E-state index in [-0.39, 0.29) is 23.1 Å². The Morgan fingerprint density at radius 1 is 1.06 bits per heavy atom. The van der Waals surface area contributed by atoms with Gasteiger partial charge in [0.1, 0.15) is 5.75 Å². The van der Waals surface area contributed by atoms with E-state index < -0.39 is 6.10 Å². The van der Waals surface area contributed by atoms with Gasteiger partial charge in [0.2, 0.25) is 5.91 Å². The molecule has 2 rings (SSSR count). The van der Waals surface area contributed by atoms with Crippen molar-refractivity contribution in [2.24, 2.45) is 0 Å². The summed E-state index contributed by atoms with van der Waals surface area (Å²) in [5.41, 5.74) is 2.67. The molecule has 0 saturated heterocycles. The molecule has 2 aromatic carbocycles. The van der Waals surface area contributed by atoms with E-state index in [1.54, 1.807) is 24.3 Å². The van der Waals surface area contributed by atoms with Crippen molar-refractivity contribution in [2.45, 2.75) is 58.6 Å². The molecule has 1 amide bonds. The van der Waals surface area contributed by atoms with Gasteiger partial charge in [0.15, 0.2) is 0 Å². The third kappa shape index (κ3) is 8.80. The van der Waals surface area contributed by atoms with Crippen molar-refractivity contribution in [2.75, 3.05) is 32.7 Å². The first kappa shape index (κ1) is 26.8. The summed E-state index contributed by atoms with van der Waals surface area (Å²) in [6.07, 6.45) is 0.107. The third-order valence-corrected chi connectivity index (χ3v) is 6.16. The van der Waals surface area contributed by atoms with E-state index >= 15 is 0 Å². The van der Waals surface area contributed by atoms with Gasteiger partial charge in [-0.05, 0) is 69.1 Å². The molecule has 6 heteroatoms. The van der Waals surface area contributed by atoms with Crippen molar-refractivity contribution in [3.8, 4) is 5.75 Å². The first-order valence-electron chi connectivity index (χ1n) is 12.0. The van der Waals surface area contributed by atoms with Crippen molar-refractivity contribution in [3.05, 3.63) is 65.2 Å². The lowest BCUT2D eigenvalue weighted by atomic mass is 9.91. The van der Waals surface area contributed by atoms with Crippen LogP contribution in [0, 0.1) is 0 Å². The fourth-order valence-electron chi connectivity index (χ4n) is 3.91. The van der Waals surface area contributed by atoms with Crippen LogP contribution in [-0.2, 0) is 11.2 Å². The predicted molar refractivity (Wildman–Crippen MR) is 135 cm³/mol. The summed E-state index contributed by atoms with van der Waals surface area (Å²) in [7, 11) is 0. The summed E-state index contributed by atoms with van der Waals surface area (Å²) >= 11 is 0. The molecule has 0 bridgehead atoms. The van der Waals surface area contributed by atoms with Gasteiger partial charge in [-0.1, -0.05) is 50.2 Å². The normalized spacial score (nSPS) is 13.7. The zero-order chi connectivity index (χ0) is 24.4. The molecule has 33 heavy (non-hydrogen) atoms. The van der Waals surface area contributed by atoms with Gasteiger partial charge in [-0.3, -0.25) is 4.79 Å². The number of nitrogens with zero attached hydrogens (tertiary/aromatic N) is 1. The number of phenols is 1. The molecule has 0 aliphatic carbocycles. The minimum atomic E-state index is -0.656. The van der Waals surface area contributed by atoms with Gasteiger partial charge >= 0.3 is 0 Å². The molecule has 2 unspecified atom stereocenters. The molecule has 182 valence electrons. The van der Waals surface area contributed by atoms with E-state index in [4.69, 9.17) is 0 Å². The number of nitrogens with one attached hydrogen (secondary N) is 2. The zero-order valence-electron chi connectivity index (χ0n) is 20.8. The van der Waals surface area contributed by atoms with Crippen LogP contribution in [-0.4, -0.2) is 59.3 Å². The Labute approximate surface area is 199 Å². The number of β-amino-alcohol motifs (C(OH)–C–C–N with tert-alkyl or cyclic N) is 1. The number of aromatic hydroxyl groups is 1. The Kier molecular flexibility index (Phi) is 10.4. The molecule has 0 saturated carbocycles. The summed E-state index contributed by atoms with van der Waals surface area (Å²) in [6, 6.07) is 14.8. The lowest BCUT2D eigenvalue weighted by molar-refractivity contribution is -0.122. The molecule has 0 spiro atoms. The molecular weight excluding hydrogens is 414 g/mol. The number of amides is 1. The highest BCUT2D eigenvalue weighted by Gasteiger charge is 2.21. The first-order chi connectivity index (χ1) is 15.6. The topological polar surface area (TPSA) is 84.8 Å². The minimum absolute atomic E-state index is 0.0497. The number of aliphatic hydroxyl groups excluding tert-OH is 1. The molecule has 0 aliphatic rings. The Bertz CT molecular complexity index is 863. The van der Waals surface area contributed by atoms with Crippen LogP contribution < -0.4 is 10.6 Å². The molecule has 0 heterocycles. The standard InChI is InChI=1S/C27H41N3O3/c1-6-30(7-2)16-15-28-26(33)20(3)23-10-8-9-21(17-23)18-27(4,5)29-19-25(32)22-11-13-24(31)14-12-22/h8-14,17,20,25,29,31-32H,6-7,15-16,18-19H2,1-5H3,(H,28,33). The Morgan fingerprint density at radius 3 is 2.36 bits per heavy atom. The van der Waals surface area contributed by atoms with Crippen LogP contribution in [0.15, 0.2) is 48.5 Å². The van der Waals surface area contributed by atoms with Gasteiger partial charge in [0.05, 0.1) is 12.0 Å². The fraction of sp³-hybridized carbons (Fsp3) is 0.519. The van der Waals surface area contributed by atoms with Crippen LogP contribution in [0.5, 0.6) is 5.75 Å². The van der Waals surface area contributed by atoms with Crippen LogP contribution in [0.2, 0.25) is 0 Å². The second kappa shape index (κ2) is 12.7. The number of benzene rings is 2. The van der Waals surface area contributed by atoms with Crippen LogP contribution in [0.25, 0.3) is 0 Å². The van der Waals surface area contributed by atoms with Crippen LogP contribution >= 0.6 is 0 Å². The number of rotatable bonds is 13. The molecule has 4 N–H and O–H groups in total. The quantitative estimate of drug-likeness (QED) is 0.371. The summed E-state index contributed by atoms with van der Waals surface area (Å²) in [5.74, 6) is 0.0219. The van der Waals surface area contributed by atoms with Gasteiger partial charge in [-0.25, -0.2) is 0 Å². The number of carbonyl (C=O) groups excluding carboxylic acids is 1. The Morgan fingerprint density at radius 2 is 1.73 bits per heavy atom. The van der Waals surface area contributed by atoms with Crippen molar-refractivity contribution in [1.29, 1.82) is 0 Å². The number of aliphatic hydroxyl groups is 1. The van der Waals surface area contributed by atoms with Gasteiger partial charge in [0, 0.05) is 25.2 Å². The largest absolute Gasteiger partial charge is 0.508 e. The fourth-order valence-corrected chi connectivity index (χ4v) is 3.91. The Balaban J connectivity index is 1.91. The summed E-state index contributed by atoms with van der Waals surface area (Å²) in [4.78, 5) is 14.9. The lowest BCUT2D eigenvalue weighted by Gasteiger charge is -2.28. The first-order valence-corrected chi connectivity index (χ1v) is 12.0. The maximum atomic E-state index is 12.6. The van der Waals surface area contributed by atoms with Crippen LogP contribution in [0.1, 0.15) is 63.3 Å². The van der Waals surface area contributed by atoms with E-state index in [1.807, 2.05) is 19.1 Å². The SMILES string of the molecule is CCN(CC)CCNC(=O)C(C)c1cccc(CC(C)(C)NCC(O)c2ccc(O)cc2)c1. The second-order valence-electron chi connectivity index (χ2n) is 9.33. The predicted octanol–water partition coefficient (Wildman–Crippen LogP) is 3.60. The van der Waals surface area contributed by atoms with Crippen molar-refractivity contribution < 1.29 is 15.0 Å². The second-order valence-corrected chi connectivity index (χ2v) is 9.33. The smallest absolute Gasteiger partial charge is 0.227 e. The molecule has 0 fully saturated rings. The monoisotopic (exact) mass is 455 g/mol. The van der Waals surface area contributed by atoms with Crippen LogP contribution in [0.4, 0.5) is 0 Å². The maximum Gasteiger partial charge on any atom is 0.227 e. The molecule has 2 aromatic rings. The highest BCUT2D eigenvalue weighted by molar-refractivity contribution is 5.83. The average Bonchev–Trinajstić information content (AvgIpc) is 2.80. The molecule has 0 radical (unpaired) electrons. The highest BCUT2D eigenvalue weighted by Crippen LogP contribution is 2.21. The van der Waals surface area contributed by atoms with E-state index in [0.29, 0.717) is 13.1 Å². The maximum absolute atomic E-state index is 12.6. The van der Waals surface area contributed by atoms with Crippen molar-refractivity contribution in [3.63, 3.8) is 0 Å². The van der Waals surface area contributed by atoms with Crippen LogP contribution in [0.3, 0.4) is 0 Å². The molecule has 0 aromatic heterocycles. The molecule has 2 atom stereocenters. The number of likely N-dealkylation sites (N-methyl/N-ethyl adjacent to an activating group) is 1. The van der Waals surface area contributed by atoms with Gasteiger partial charge < -0.3 is 25.7 Å². The number of hydrogen-bond donors (Lipinski definition) is 4. The average molecular weight is 456 g/mol. The van der Waals surface area contributed by atoms with Crippen molar-refractivity contribution >= 4 is 5.91 Å². The summed E-state index contributed by atoms with van der Waals surface area (Å²) in [6.45, 7) is 14.3. The van der Waals surface area contributed by atoms with E-state index in [0.717, 1.165) is 42.7 Å². The van der Waals surface area contributed by atoms with E-state index in [1.165, 1.54) is 0 Å². The van der Waals surface area contributed by atoms with Crippen molar-refractivity contribution in [1.82, 2.24) is 15.5 Å². The molecular formula is C27H41N3O3. The summed E-state index contributed by atoms with van der Waals surface area (Å²) in [5, 5.41) is 26.4. The molecule has 0 aliphatic heterocycles. The van der Waals surface area contributed by atoms with Gasteiger partial charge in [-0.15, -0.1) is 0 Å². The number of carbonyl (C=O) groups is 1.